The number of hydrogen-bond acceptors (Lipinski definition) is 4. The van der Waals surface area contributed by atoms with Crippen LogP contribution in [0.25, 0.3) is 6.08 Å². The molecular formula is C25H31N3O3. The molecule has 6 heteroatoms. The molecule has 164 valence electrons. The molecule has 1 aromatic carbocycles. The Bertz CT molecular complexity index is 992. The fourth-order valence-electron chi connectivity index (χ4n) is 3.23. The molecule has 0 unspecified atom stereocenters. The summed E-state index contributed by atoms with van der Waals surface area (Å²) in [7, 11) is 0. The van der Waals surface area contributed by atoms with Crippen molar-refractivity contribution in [1.82, 2.24) is 4.57 Å². The van der Waals surface area contributed by atoms with Gasteiger partial charge < -0.3 is 14.6 Å². The normalized spacial score (nSPS) is 11.3. The molecule has 0 saturated carbocycles. The zero-order valence-electron chi connectivity index (χ0n) is 19.0. The highest BCUT2D eigenvalue weighted by molar-refractivity contribution is 6.00. The van der Waals surface area contributed by atoms with E-state index in [-0.39, 0.29) is 5.57 Å². The molecule has 2 aromatic rings. The van der Waals surface area contributed by atoms with E-state index in [1.807, 2.05) is 38.1 Å². The lowest BCUT2D eigenvalue weighted by molar-refractivity contribution is -0.142. The van der Waals surface area contributed by atoms with Crippen LogP contribution in [0.2, 0.25) is 0 Å². The maximum Gasteiger partial charge on any atom is 0.349 e. The van der Waals surface area contributed by atoms with Crippen LogP contribution in [0.3, 0.4) is 0 Å². The first-order chi connectivity index (χ1) is 14.7. The standard InChI is InChI=1S/C25H31N3O3/c1-6-20-7-9-23(10-8-20)27-24(29)16-31-25(30)22(15-26)14-21-13-18(4)28(19(21)5)12-11-17(2)3/h7-10,13-14,17H,6,11-12,16H2,1-5H3,(H,27,29)/b22-14+. The van der Waals surface area contributed by atoms with Crippen LogP contribution in [0.1, 0.15) is 49.7 Å². The van der Waals surface area contributed by atoms with Crippen LogP contribution in [-0.2, 0) is 27.3 Å². The van der Waals surface area contributed by atoms with Crippen LogP contribution in [0.5, 0.6) is 0 Å². The minimum absolute atomic E-state index is 0.135. The van der Waals surface area contributed by atoms with E-state index < -0.39 is 18.5 Å². The number of amides is 1. The first-order valence-corrected chi connectivity index (χ1v) is 10.6. The molecule has 0 spiro atoms. The number of hydrogen-bond donors (Lipinski definition) is 1. The molecule has 1 amide bonds. The van der Waals surface area contributed by atoms with Crippen molar-refractivity contribution in [3.05, 3.63) is 58.4 Å². The fourth-order valence-corrected chi connectivity index (χ4v) is 3.23. The first kappa shape index (κ1) is 23.9. The predicted octanol–water partition coefficient (Wildman–Crippen LogP) is 4.80. The van der Waals surface area contributed by atoms with Crippen molar-refractivity contribution >= 4 is 23.6 Å². The van der Waals surface area contributed by atoms with Gasteiger partial charge >= 0.3 is 5.97 Å². The molecule has 31 heavy (non-hydrogen) atoms. The van der Waals surface area contributed by atoms with Crippen molar-refractivity contribution in [1.29, 1.82) is 5.26 Å². The fraction of sp³-hybridized carbons (Fsp3) is 0.400. The van der Waals surface area contributed by atoms with Gasteiger partial charge in [0.15, 0.2) is 6.61 Å². The average Bonchev–Trinajstić information content (AvgIpc) is 3.01. The lowest BCUT2D eigenvalue weighted by atomic mass is 10.1. The molecule has 0 atom stereocenters. The Morgan fingerprint density at radius 3 is 2.48 bits per heavy atom. The Hall–Kier alpha value is -3.33. The van der Waals surface area contributed by atoms with Gasteiger partial charge in [0, 0.05) is 23.6 Å². The van der Waals surface area contributed by atoms with Gasteiger partial charge in [0.1, 0.15) is 11.6 Å². The van der Waals surface area contributed by atoms with Gasteiger partial charge in [-0.1, -0.05) is 32.9 Å². The third-order valence-electron chi connectivity index (χ3n) is 5.16. The average molecular weight is 422 g/mol. The summed E-state index contributed by atoms with van der Waals surface area (Å²) in [6.07, 6.45) is 3.48. The number of rotatable bonds is 9. The number of benzene rings is 1. The third-order valence-corrected chi connectivity index (χ3v) is 5.16. The van der Waals surface area contributed by atoms with E-state index in [0.717, 1.165) is 41.9 Å². The second-order valence-electron chi connectivity index (χ2n) is 8.01. The predicted molar refractivity (Wildman–Crippen MR) is 122 cm³/mol. The SMILES string of the molecule is CCc1ccc(NC(=O)COC(=O)/C(C#N)=C/c2cc(C)n(CCC(C)C)c2C)cc1. The van der Waals surface area contributed by atoms with E-state index >= 15 is 0 Å². The van der Waals surface area contributed by atoms with Crippen molar-refractivity contribution in [3.63, 3.8) is 0 Å². The van der Waals surface area contributed by atoms with Crippen molar-refractivity contribution < 1.29 is 14.3 Å². The van der Waals surface area contributed by atoms with Crippen molar-refractivity contribution in [3.8, 4) is 6.07 Å². The van der Waals surface area contributed by atoms with E-state index in [1.54, 1.807) is 12.1 Å². The lowest BCUT2D eigenvalue weighted by Crippen LogP contribution is -2.21. The van der Waals surface area contributed by atoms with Crippen LogP contribution in [0.4, 0.5) is 5.69 Å². The number of aromatic nitrogens is 1. The summed E-state index contributed by atoms with van der Waals surface area (Å²) >= 11 is 0. The monoisotopic (exact) mass is 421 g/mol. The summed E-state index contributed by atoms with van der Waals surface area (Å²) in [4.78, 5) is 24.4. The maximum atomic E-state index is 12.3. The molecule has 0 fully saturated rings. The summed E-state index contributed by atoms with van der Waals surface area (Å²) < 4.78 is 7.24. The highest BCUT2D eigenvalue weighted by atomic mass is 16.5. The van der Waals surface area contributed by atoms with Crippen LogP contribution < -0.4 is 5.32 Å². The molecule has 0 aliphatic carbocycles. The molecule has 0 saturated heterocycles. The zero-order valence-corrected chi connectivity index (χ0v) is 19.0. The number of carbonyl (C=O) groups excluding carboxylic acids is 2. The largest absolute Gasteiger partial charge is 0.451 e. The Morgan fingerprint density at radius 1 is 1.23 bits per heavy atom. The van der Waals surface area contributed by atoms with Crippen LogP contribution in [0.15, 0.2) is 35.9 Å². The molecule has 0 bridgehead atoms. The molecule has 0 aliphatic rings. The summed E-state index contributed by atoms with van der Waals surface area (Å²) in [6.45, 7) is 10.8. The molecule has 2 rings (SSSR count). The van der Waals surface area contributed by atoms with E-state index in [9.17, 15) is 14.9 Å². The number of carbonyl (C=O) groups is 2. The van der Waals surface area contributed by atoms with E-state index in [4.69, 9.17) is 4.74 Å². The number of nitriles is 1. The van der Waals surface area contributed by atoms with Gasteiger partial charge in [-0.15, -0.1) is 0 Å². The highest BCUT2D eigenvalue weighted by Gasteiger charge is 2.16. The molecule has 0 aliphatic heterocycles. The van der Waals surface area contributed by atoms with Gasteiger partial charge in [0.05, 0.1) is 0 Å². The third kappa shape index (κ3) is 6.85. The van der Waals surface area contributed by atoms with Gasteiger partial charge in [-0.2, -0.15) is 5.26 Å². The summed E-state index contributed by atoms with van der Waals surface area (Å²) in [6, 6.07) is 11.3. The van der Waals surface area contributed by atoms with Crippen molar-refractivity contribution in [2.45, 2.75) is 54.0 Å². The van der Waals surface area contributed by atoms with E-state index in [0.29, 0.717) is 11.6 Å². The summed E-state index contributed by atoms with van der Waals surface area (Å²) in [5.41, 5.74) is 4.52. The maximum absolute atomic E-state index is 12.3. The molecule has 1 N–H and O–H groups in total. The number of nitrogens with one attached hydrogen (secondary N) is 1. The Morgan fingerprint density at radius 2 is 1.90 bits per heavy atom. The number of nitrogens with zero attached hydrogens (tertiary/aromatic N) is 2. The second-order valence-corrected chi connectivity index (χ2v) is 8.01. The highest BCUT2D eigenvalue weighted by Crippen LogP contribution is 2.20. The Kier molecular flexibility index (Phi) is 8.63. The number of aryl methyl sites for hydroxylation is 2. The zero-order chi connectivity index (χ0) is 23.0. The van der Waals surface area contributed by atoms with Gasteiger partial charge in [-0.05, 0) is 68.0 Å². The van der Waals surface area contributed by atoms with Crippen molar-refractivity contribution in [2.75, 3.05) is 11.9 Å². The van der Waals surface area contributed by atoms with Gasteiger partial charge in [-0.3, -0.25) is 4.79 Å². The minimum atomic E-state index is -0.814. The van der Waals surface area contributed by atoms with Crippen molar-refractivity contribution in [2.24, 2.45) is 5.92 Å². The Balaban J connectivity index is 2.01. The van der Waals surface area contributed by atoms with Crippen LogP contribution in [0, 0.1) is 31.1 Å². The summed E-state index contributed by atoms with van der Waals surface area (Å²) in [5, 5.41) is 12.1. The molecular weight excluding hydrogens is 390 g/mol. The molecule has 1 heterocycles. The molecule has 6 nitrogen and oxygen atoms in total. The molecule has 0 radical (unpaired) electrons. The van der Waals surface area contributed by atoms with E-state index in [2.05, 4.69) is 30.7 Å². The first-order valence-electron chi connectivity index (χ1n) is 10.6. The second kappa shape index (κ2) is 11.2. The number of esters is 1. The quantitative estimate of drug-likeness (QED) is 0.358. The number of anilines is 1. The smallest absolute Gasteiger partial charge is 0.349 e. The van der Waals surface area contributed by atoms with Crippen LogP contribution >= 0.6 is 0 Å². The number of ether oxygens (including phenoxy) is 1. The molecule has 1 aromatic heterocycles. The lowest BCUT2D eigenvalue weighted by Gasteiger charge is -2.11. The summed E-state index contributed by atoms with van der Waals surface area (Å²) in [5.74, 6) is -0.687. The van der Waals surface area contributed by atoms with Gasteiger partial charge in [-0.25, -0.2) is 4.79 Å². The Labute approximate surface area is 184 Å². The topological polar surface area (TPSA) is 84.1 Å². The van der Waals surface area contributed by atoms with Gasteiger partial charge in [0.2, 0.25) is 0 Å². The minimum Gasteiger partial charge on any atom is -0.451 e. The van der Waals surface area contributed by atoms with E-state index in [1.165, 1.54) is 6.08 Å². The van der Waals surface area contributed by atoms with Crippen LogP contribution in [-0.4, -0.2) is 23.1 Å². The van der Waals surface area contributed by atoms with Gasteiger partial charge in [0.25, 0.3) is 5.91 Å².